The molecule has 0 fully saturated rings. The number of carbonyl (C=O) groups excluding carboxylic acids is 1. The molecular weight excluding hydrogens is 202 g/mol. The SMILES string of the molecule is O=C=NS(=O)(=O)OS(=O)(=O)O. The summed E-state index contributed by atoms with van der Waals surface area (Å²) >= 11 is 0. The summed E-state index contributed by atoms with van der Waals surface area (Å²) < 4.78 is 52.1. The van der Waals surface area contributed by atoms with Crippen molar-refractivity contribution in [1.82, 2.24) is 0 Å². The van der Waals surface area contributed by atoms with E-state index in [1.165, 1.54) is 0 Å². The van der Waals surface area contributed by atoms with Crippen LogP contribution in [0.2, 0.25) is 0 Å². The van der Waals surface area contributed by atoms with E-state index in [4.69, 9.17) is 4.55 Å². The van der Waals surface area contributed by atoms with E-state index in [1.807, 2.05) is 4.40 Å². The fourth-order valence-electron chi connectivity index (χ4n) is 0.170. The average molecular weight is 203 g/mol. The first kappa shape index (κ1) is 10.2. The second kappa shape index (κ2) is 3.07. The molecule has 0 saturated carbocycles. The Balaban J connectivity index is 4.81. The van der Waals surface area contributed by atoms with Crippen LogP contribution in [0.15, 0.2) is 4.40 Å². The van der Waals surface area contributed by atoms with Crippen molar-refractivity contribution in [2.24, 2.45) is 4.40 Å². The highest BCUT2D eigenvalue weighted by Crippen LogP contribution is 1.97. The summed E-state index contributed by atoms with van der Waals surface area (Å²) in [6, 6.07) is 0. The molecule has 0 rings (SSSR count). The Hall–Kier alpha value is -0.800. The van der Waals surface area contributed by atoms with Crippen molar-refractivity contribution in [3.05, 3.63) is 0 Å². The molecule has 8 nitrogen and oxygen atoms in total. The van der Waals surface area contributed by atoms with Gasteiger partial charge in [0.25, 0.3) is 6.08 Å². The fraction of sp³-hybridized carbons (Fsp3) is 0. The van der Waals surface area contributed by atoms with Gasteiger partial charge in [0.1, 0.15) is 0 Å². The molecule has 0 spiro atoms. The van der Waals surface area contributed by atoms with Crippen LogP contribution in [0.25, 0.3) is 0 Å². The molecule has 0 atom stereocenters. The van der Waals surface area contributed by atoms with E-state index in [-0.39, 0.29) is 0 Å². The van der Waals surface area contributed by atoms with Crippen molar-refractivity contribution < 1.29 is 29.8 Å². The van der Waals surface area contributed by atoms with Crippen LogP contribution in [-0.2, 0) is 29.1 Å². The Morgan fingerprint density at radius 1 is 1.27 bits per heavy atom. The number of nitrogens with zero attached hydrogens (tertiary/aromatic N) is 1. The maximum absolute atomic E-state index is 10.1. The quantitative estimate of drug-likeness (QED) is 0.332. The van der Waals surface area contributed by atoms with E-state index < -0.39 is 20.7 Å². The molecule has 0 aliphatic carbocycles. The molecule has 11 heavy (non-hydrogen) atoms. The van der Waals surface area contributed by atoms with Crippen molar-refractivity contribution in [3.63, 3.8) is 0 Å². The molecule has 0 bridgehead atoms. The van der Waals surface area contributed by atoms with Gasteiger partial charge in [-0.2, -0.15) is 16.8 Å². The molecule has 0 aromatic carbocycles. The molecular formula is CHNO7S2. The fourth-order valence-corrected chi connectivity index (χ4v) is 1.25. The number of hydrogen-bond acceptors (Lipinski definition) is 6. The van der Waals surface area contributed by atoms with Crippen LogP contribution < -0.4 is 0 Å². The molecule has 0 aromatic rings. The Kier molecular flexibility index (Phi) is 2.84. The molecule has 0 aliphatic rings. The molecule has 0 heterocycles. The Bertz CT molecular complexity index is 367. The maximum atomic E-state index is 10.1. The van der Waals surface area contributed by atoms with Gasteiger partial charge < -0.3 is 0 Å². The lowest BCUT2D eigenvalue weighted by Crippen LogP contribution is -2.09. The predicted octanol–water partition coefficient (Wildman–Crippen LogP) is -1.61. The summed E-state index contributed by atoms with van der Waals surface area (Å²) in [5, 5.41) is 0. The Morgan fingerprint density at radius 3 is 2.00 bits per heavy atom. The van der Waals surface area contributed by atoms with E-state index in [1.54, 1.807) is 0 Å². The third-order valence-corrected chi connectivity index (χ3v) is 1.99. The van der Waals surface area contributed by atoms with E-state index in [0.717, 1.165) is 0 Å². The van der Waals surface area contributed by atoms with E-state index in [0.29, 0.717) is 6.08 Å². The zero-order chi connectivity index (χ0) is 9.12. The van der Waals surface area contributed by atoms with Gasteiger partial charge in [0.05, 0.1) is 0 Å². The van der Waals surface area contributed by atoms with Crippen LogP contribution >= 0.6 is 0 Å². The van der Waals surface area contributed by atoms with E-state index in [2.05, 4.69) is 3.63 Å². The minimum atomic E-state index is -5.16. The van der Waals surface area contributed by atoms with Crippen LogP contribution in [0.3, 0.4) is 0 Å². The highest BCUT2D eigenvalue weighted by atomic mass is 32.3. The summed E-state index contributed by atoms with van der Waals surface area (Å²) in [5.41, 5.74) is 0. The van der Waals surface area contributed by atoms with E-state index >= 15 is 0 Å². The van der Waals surface area contributed by atoms with Crippen LogP contribution in [0, 0.1) is 0 Å². The number of isocyanates is 1. The van der Waals surface area contributed by atoms with Gasteiger partial charge in [0.2, 0.25) is 0 Å². The molecule has 0 aliphatic heterocycles. The van der Waals surface area contributed by atoms with Crippen molar-refractivity contribution >= 4 is 26.8 Å². The summed E-state index contributed by atoms with van der Waals surface area (Å²) in [5.74, 6) is 0. The standard InChI is InChI=1S/CHNO7S2/c3-1-2-10(4,5)9-11(6,7)8/h(H,6,7,8). The zero-order valence-electron chi connectivity index (χ0n) is 4.66. The third kappa shape index (κ3) is 5.63. The summed E-state index contributed by atoms with van der Waals surface area (Å²) in [6.45, 7) is 0. The first-order chi connectivity index (χ1) is 4.77. The van der Waals surface area contributed by atoms with Crippen LogP contribution in [-0.4, -0.2) is 27.5 Å². The maximum Gasteiger partial charge on any atom is 0.413 e. The van der Waals surface area contributed by atoms with Gasteiger partial charge in [-0.05, 0) is 0 Å². The lowest BCUT2D eigenvalue weighted by molar-refractivity contribution is 0.384. The van der Waals surface area contributed by atoms with Gasteiger partial charge in [-0.25, -0.2) is 4.79 Å². The monoisotopic (exact) mass is 203 g/mol. The van der Waals surface area contributed by atoms with Crippen LogP contribution in [0.1, 0.15) is 0 Å². The Labute approximate surface area is 61.7 Å². The lowest BCUT2D eigenvalue weighted by atomic mass is 11.7. The summed E-state index contributed by atoms with van der Waals surface area (Å²) in [6.07, 6.45) is 0.517. The minimum absolute atomic E-state index is 0.517. The predicted molar refractivity (Wildman–Crippen MR) is 29.7 cm³/mol. The largest absolute Gasteiger partial charge is 0.413 e. The normalized spacial score (nSPS) is 12.1. The van der Waals surface area contributed by atoms with Gasteiger partial charge >= 0.3 is 20.7 Å². The van der Waals surface area contributed by atoms with Crippen LogP contribution in [0.4, 0.5) is 0 Å². The van der Waals surface area contributed by atoms with Crippen molar-refractivity contribution in [1.29, 1.82) is 0 Å². The topological polar surface area (TPSA) is 127 Å². The number of hydrogen-bond donors (Lipinski definition) is 1. The molecule has 0 aromatic heterocycles. The highest BCUT2D eigenvalue weighted by Gasteiger charge is 2.18. The van der Waals surface area contributed by atoms with Crippen LogP contribution in [0.5, 0.6) is 0 Å². The minimum Gasteiger partial charge on any atom is -0.263 e. The second-order valence-corrected chi connectivity index (χ2v) is 3.54. The lowest BCUT2D eigenvalue weighted by Gasteiger charge is -1.90. The summed E-state index contributed by atoms with van der Waals surface area (Å²) in [4.78, 5) is 9.28. The zero-order valence-corrected chi connectivity index (χ0v) is 6.29. The third-order valence-electron chi connectivity index (χ3n) is 0.321. The van der Waals surface area contributed by atoms with E-state index in [9.17, 15) is 21.6 Å². The van der Waals surface area contributed by atoms with Gasteiger partial charge in [-0.3, -0.25) is 4.55 Å². The second-order valence-electron chi connectivity index (χ2n) is 1.11. The van der Waals surface area contributed by atoms with Crippen molar-refractivity contribution in [2.75, 3.05) is 0 Å². The average Bonchev–Trinajstić information content (AvgIpc) is 1.55. The molecule has 0 saturated heterocycles. The first-order valence-corrected chi connectivity index (χ1v) is 4.52. The first-order valence-electron chi connectivity index (χ1n) is 1.79. The molecule has 0 amide bonds. The van der Waals surface area contributed by atoms with Gasteiger partial charge in [-0.15, -0.1) is 3.63 Å². The van der Waals surface area contributed by atoms with Gasteiger partial charge in [0, 0.05) is 0 Å². The molecule has 0 unspecified atom stereocenters. The van der Waals surface area contributed by atoms with Gasteiger partial charge in [0.15, 0.2) is 0 Å². The smallest absolute Gasteiger partial charge is 0.263 e. The number of rotatable bonds is 3. The Morgan fingerprint density at radius 2 is 1.73 bits per heavy atom. The van der Waals surface area contributed by atoms with Crippen molar-refractivity contribution in [2.45, 2.75) is 0 Å². The molecule has 0 radical (unpaired) electrons. The van der Waals surface area contributed by atoms with Gasteiger partial charge in [-0.1, -0.05) is 4.40 Å². The molecule has 10 heteroatoms. The highest BCUT2D eigenvalue weighted by molar-refractivity contribution is 7.96. The summed E-state index contributed by atoms with van der Waals surface area (Å²) in [7, 11) is -10.1. The van der Waals surface area contributed by atoms with Crippen molar-refractivity contribution in [3.8, 4) is 0 Å². The molecule has 64 valence electrons. The molecule has 1 N–H and O–H groups in total.